The number of nitrogens with one attached hydrogen (secondary N) is 1. The largest absolute Gasteiger partial charge is 0.480 e. The SMILES string of the molecule is Cc1c(C(=O)NC2CC(N(CC(=O)O)CC3CC3)C2)cnn1C(C)(C)C. The summed E-state index contributed by atoms with van der Waals surface area (Å²) in [5, 5.41) is 16.6. The molecule has 1 amide bonds. The van der Waals surface area contributed by atoms with Crippen LogP contribution in [0.1, 0.15) is 62.5 Å². The van der Waals surface area contributed by atoms with Gasteiger partial charge < -0.3 is 10.4 Å². The summed E-state index contributed by atoms with van der Waals surface area (Å²) < 4.78 is 1.87. The molecule has 7 heteroatoms. The number of hydrogen-bond donors (Lipinski definition) is 2. The number of carbonyl (C=O) groups excluding carboxylic acids is 1. The molecular formula is C19H30N4O3. The Hall–Kier alpha value is -1.89. The summed E-state index contributed by atoms with van der Waals surface area (Å²) in [7, 11) is 0. The number of carboxylic acids is 1. The summed E-state index contributed by atoms with van der Waals surface area (Å²) in [6.07, 6.45) is 5.69. The molecule has 0 bridgehead atoms. The Kier molecular flexibility index (Phi) is 5.10. The van der Waals surface area contributed by atoms with E-state index in [0.29, 0.717) is 11.5 Å². The standard InChI is InChI=1S/C19H30N4O3/c1-12-16(9-20-23(12)19(2,3)4)18(26)21-14-7-15(8-14)22(11-17(24)25)10-13-5-6-13/h9,13-15H,5-8,10-11H2,1-4H3,(H,21,26)(H,24,25). The highest BCUT2D eigenvalue weighted by Gasteiger charge is 2.38. The van der Waals surface area contributed by atoms with E-state index < -0.39 is 5.97 Å². The lowest BCUT2D eigenvalue weighted by molar-refractivity contribution is -0.139. The zero-order valence-corrected chi connectivity index (χ0v) is 16.2. The molecule has 1 aromatic rings. The first-order valence-electron chi connectivity index (χ1n) is 9.47. The van der Waals surface area contributed by atoms with Crippen LogP contribution in [0.25, 0.3) is 0 Å². The summed E-state index contributed by atoms with van der Waals surface area (Å²) in [6, 6.07) is 0.371. The molecule has 0 atom stereocenters. The Balaban J connectivity index is 1.54. The number of amides is 1. The summed E-state index contributed by atoms with van der Waals surface area (Å²) in [5.41, 5.74) is 1.32. The second kappa shape index (κ2) is 7.02. The second-order valence-corrected chi connectivity index (χ2v) is 8.79. The third-order valence-corrected chi connectivity index (χ3v) is 5.38. The van der Waals surface area contributed by atoms with E-state index in [2.05, 4.69) is 36.1 Å². The molecule has 0 aliphatic heterocycles. The first-order valence-corrected chi connectivity index (χ1v) is 9.47. The lowest BCUT2D eigenvalue weighted by Crippen LogP contribution is -2.55. The first kappa shape index (κ1) is 18.9. The molecule has 2 fully saturated rings. The van der Waals surface area contributed by atoms with Crippen LogP contribution in [0.5, 0.6) is 0 Å². The summed E-state index contributed by atoms with van der Waals surface area (Å²) in [6.45, 7) is 9.06. The third-order valence-electron chi connectivity index (χ3n) is 5.38. The van der Waals surface area contributed by atoms with Gasteiger partial charge in [0, 0.05) is 24.3 Å². The van der Waals surface area contributed by atoms with Crippen LogP contribution in [-0.4, -0.2) is 56.8 Å². The minimum absolute atomic E-state index is 0.0894. The molecular weight excluding hydrogens is 332 g/mol. The Bertz CT molecular complexity index is 681. The zero-order chi connectivity index (χ0) is 19.1. The van der Waals surface area contributed by atoms with Crippen molar-refractivity contribution in [3.63, 3.8) is 0 Å². The van der Waals surface area contributed by atoms with E-state index in [-0.39, 0.29) is 30.1 Å². The van der Waals surface area contributed by atoms with E-state index >= 15 is 0 Å². The third kappa shape index (κ3) is 4.26. The molecule has 26 heavy (non-hydrogen) atoms. The Morgan fingerprint density at radius 2 is 2.00 bits per heavy atom. The Morgan fingerprint density at radius 1 is 1.35 bits per heavy atom. The quantitative estimate of drug-likeness (QED) is 0.775. The van der Waals surface area contributed by atoms with Crippen molar-refractivity contribution in [2.45, 2.75) is 71.0 Å². The van der Waals surface area contributed by atoms with Gasteiger partial charge in [-0.25, -0.2) is 0 Å². The lowest BCUT2D eigenvalue weighted by Gasteiger charge is -2.42. The monoisotopic (exact) mass is 362 g/mol. The molecule has 0 radical (unpaired) electrons. The van der Waals surface area contributed by atoms with Crippen LogP contribution >= 0.6 is 0 Å². The van der Waals surface area contributed by atoms with Gasteiger partial charge in [-0.2, -0.15) is 5.10 Å². The summed E-state index contributed by atoms with van der Waals surface area (Å²) in [5.74, 6) is -0.203. The van der Waals surface area contributed by atoms with Crippen molar-refractivity contribution in [1.82, 2.24) is 20.0 Å². The van der Waals surface area contributed by atoms with E-state index in [1.807, 2.05) is 11.6 Å². The predicted molar refractivity (Wildman–Crippen MR) is 98.2 cm³/mol. The Labute approximate surface area is 154 Å². The molecule has 0 unspecified atom stereocenters. The maximum atomic E-state index is 12.6. The number of nitrogens with zero attached hydrogens (tertiary/aromatic N) is 3. The number of carbonyl (C=O) groups is 2. The van der Waals surface area contributed by atoms with E-state index in [1.54, 1.807) is 6.20 Å². The van der Waals surface area contributed by atoms with Gasteiger partial charge in [0.1, 0.15) is 0 Å². The molecule has 0 spiro atoms. The van der Waals surface area contributed by atoms with Crippen molar-refractivity contribution in [3.8, 4) is 0 Å². The van der Waals surface area contributed by atoms with E-state index in [0.717, 1.165) is 25.1 Å². The van der Waals surface area contributed by atoms with Crippen molar-refractivity contribution in [2.24, 2.45) is 5.92 Å². The molecule has 0 saturated heterocycles. The number of aliphatic carboxylic acids is 1. The number of carboxylic acid groups (broad SMARTS) is 1. The fourth-order valence-corrected chi connectivity index (χ4v) is 3.72. The summed E-state index contributed by atoms with van der Waals surface area (Å²) in [4.78, 5) is 25.8. The van der Waals surface area contributed by atoms with Crippen LogP contribution in [0, 0.1) is 12.8 Å². The molecule has 2 N–H and O–H groups in total. The molecule has 2 aliphatic carbocycles. The van der Waals surface area contributed by atoms with Gasteiger partial charge >= 0.3 is 5.97 Å². The fourth-order valence-electron chi connectivity index (χ4n) is 3.72. The minimum Gasteiger partial charge on any atom is -0.480 e. The predicted octanol–water partition coefficient (Wildman–Crippen LogP) is 2.00. The van der Waals surface area contributed by atoms with Crippen LogP contribution < -0.4 is 5.32 Å². The Morgan fingerprint density at radius 3 is 2.50 bits per heavy atom. The van der Waals surface area contributed by atoms with Crippen molar-refractivity contribution < 1.29 is 14.7 Å². The topological polar surface area (TPSA) is 87.5 Å². The average molecular weight is 362 g/mol. The molecule has 2 saturated carbocycles. The van der Waals surface area contributed by atoms with Crippen molar-refractivity contribution in [1.29, 1.82) is 0 Å². The van der Waals surface area contributed by atoms with E-state index in [4.69, 9.17) is 5.11 Å². The molecule has 144 valence electrons. The van der Waals surface area contributed by atoms with Gasteiger partial charge in [0.2, 0.25) is 0 Å². The van der Waals surface area contributed by atoms with Gasteiger partial charge in [0.15, 0.2) is 0 Å². The number of rotatable bonds is 7. The number of hydrogen-bond acceptors (Lipinski definition) is 4. The smallest absolute Gasteiger partial charge is 0.317 e. The second-order valence-electron chi connectivity index (χ2n) is 8.79. The molecule has 2 aliphatic rings. The fraction of sp³-hybridized carbons (Fsp3) is 0.737. The van der Waals surface area contributed by atoms with Crippen LogP contribution in [0.4, 0.5) is 0 Å². The van der Waals surface area contributed by atoms with Gasteiger partial charge in [-0.15, -0.1) is 0 Å². The number of aromatic nitrogens is 2. The molecule has 3 rings (SSSR count). The van der Waals surface area contributed by atoms with Gasteiger partial charge in [0.25, 0.3) is 5.91 Å². The van der Waals surface area contributed by atoms with Gasteiger partial charge in [-0.05, 0) is 59.3 Å². The van der Waals surface area contributed by atoms with Gasteiger partial charge in [-0.1, -0.05) is 0 Å². The maximum absolute atomic E-state index is 12.6. The highest BCUT2D eigenvalue weighted by atomic mass is 16.4. The van der Waals surface area contributed by atoms with Gasteiger partial charge in [0.05, 0.1) is 23.8 Å². The highest BCUT2D eigenvalue weighted by molar-refractivity contribution is 5.95. The molecule has 1 aromatic heterocycles. The normalized spacial score (nSPS) is 23.0. The van der Waals surface area contributed by atoms with E-state index in [1.165, 1.54) is 12.8 Å². The zero-order valence-electron chi connectivity index (χ0n) is 16.2. The molecule has 0 aromatic carbocycles. The van der Waals surface area contributed by atoms with Crippen molar-refractivity contribution in [2.75, 3.05) is 13.1 Å². The molecule has 7 nitrogen and oxygen atoms in total. The van der Waals surface area contributed by atoms with Crippen LogP contribution in [0.15, 0.2) is 6.20 Å². The van der Waals surface area contributed by atoms with Crippen LogP contribution in [0.3, 0.4) is 0 Å². The van der Waals surface area contributed by atoms with Crippen LogP contribution in [-0.2, 0) is 10.3 Å². The highest BCUT2D eigenvalue weighted by Crippen LogP contribution is 2.34. The van der Waals surface area contributed by atoms with Crippen molar-refractivity contribution in [3.05, 3.63) is 17.5 Å². The van der Waals surface area contributed by atoms with Crippen molar-refractivity contribution >= 4 is 11.9 Å². The maximum Gasteiger partial charge on any atom is 0.317 e. The lowest BCUT2D eigenvalue weighted by atomic mass is 9.85. The average Bonchev–Trinajstić information content (AvgIpc) is 3.19. The first-order chi connectivity index (χ1) is 12.1. The van der Waals surface area contributed by atoms with Gasteiger partial charge in [-0.3, -0.25) is 19.2 Å². The summed E-state index contributed by atoms with van der Waals surface area (Å²) >= 11 is 0. The van der Waals surface area contributed by atoms with E-state index in [9.17, 15) is 9.59 Å². The van der Waals surface area contributed by atoms with Crippen LogP contribution in [0.2, 0.25) is 0 Å². The minimum atomic E-state index is -0.775. The molecule has 1 heterocycles.